The van der Waals surface area contributed by atoms with Crippen molar-refractivity contribution in [2.45, 2.75) is 26.5 Å². The van der Waals surface area contributed by atoms with Crippen molar-refractivity contribution in [3.05, 3.63) is 29.3 Å². The van der Waals surface area contributed by atoms with Crippen LogP contribution < -0.4 is 0 Å². The maximum Gasteiger partial charge on any atom is 0.145 e. The van der Waals surface area contributed by atoms with Gasteiger partial charge in [-0.2, -0.15) is 11.8 Å². The first kappa shape index (κ1) is 12.4. The van der Waals surface area contributed by atoms with Crippen molar-refractivity contribution in [2.75, 3.05) is 6.26 Å². The van der Waals surface area contributed by atoms with Gasteiger partial charge in [-0.25, -0.2) is 4.39 Å². The van der Waals surface area contributed by atoms with Crippen molar-refractivity contribution in [1.29, 1.82) is 0 Å². The molecule has 0 saturated heterocycles. The minimum atomic E-state index is -0.204. The molecule has 1 heterocycles. The maximum absolute atomic E-state index is 12.9. The topological polar surface area (TPSA) is 12.9 Å². The van der Waals surface area contributed by atoms with E-state index in [-0.39, 0.29) is 5.82 Å². The Morgan fingerprint density at radius 3 is 2.62 bits per heavy atom. The van der Waals surface area contributed by atoms with Gasteiger partial charge in [-0.3, -0.25) is 4.98 Å². The third-order valence-corrected chi connectivity index (χ3v) is 1.97. The van der Waals surface area contributed by atoms with Crippen molar-refractivity contribution < 1.29 is 4.39 Å². The van der Waals surface area contributed by atoms with E-state index >= 15 is 0 Å². The van der Waals surface area contributed by atoms with Crippen LogP contribution in [0.2, 0.25) is 0 Å². The lowest BCUT2D eigenvalue weighted by Crippen LogP contribution is -1.91. The molecule has 0 radical (unpaired) electrons. The van der Waals surface area contributed by atoms with E-state index < -0.39 is 0 Å². The van der Waals surface area contributed by atoms with Crippen LogP contribution in [-0.4, -0.2) is 11.2 Å². The Balaban J connectivity index is 0.000000671. The molecule has 0 aliphatic rings. The normalized spacial score (nSPS) is 9.00. The summed E-state index contributed by atoms with van der Waals surface area (Å²) in [5.74, 6) is 0.514. The molecule has 0 amide bonds. The molecule has 3 heteroatoms. The lowest BCUT2D eigenvalue weighted by molar-refractivity contribution is 0.609. The lowest BCUT2D eigenvalue weighted by Gasteiger charge is -2.00. The Morgan fingerprint density at radius 1 is 1.46 bits per heavy atom. The maximum atomic E-state index is 12.9. The fraction of sp³-hybridized carbons (Fsp3) is 0.500. The van der Waals surface area contributed by atoms with E-state index in [1.165, 1.54) is 6.20 Å². The molecule has 0 bridgehead atoms. The predicted octanol–water partition coefficient (Wildman–Crippen LogP) is 3.42. The average molecular weight is 201 g/mol. The minimum absolute atomic E-state index is 0.204. The third-order valence-electron chi connectivity index (χ3n) is 1.37. The first-order valence-electron chi connectivity index (χ1n) is 4.34. The number of rotatable bonds is 2. The van der Waals surface area contributed by atoms with Crippen molar-refractivity contribution in [2.24, 2.45) is 0 Å². The quantitative estimate of drug-likeness (QED) is 0.727. The van der Waals surface area contributed by atoms with Crippen LogP contribution in [0.1, 0.15) is 25.1 Å². The molecule has 0 unspecified atom stereocenters. The van der Waals surface area contributed by atoms with Crippen molar-refractivity contribution >= 4 is 11.8 Å². The number of thioether (sulfide) groups is 1. The second kappa shape index (κ2) is 6.89. The molecular formula is C10H16FNS. The summed E-state index contributed by atoms with van der Waals surface area (Å²) in [5, 5.41) is 0. The van der Waals surface area contributed by atoms with Gasteiger partial charge in [0.15, 0.2) is 0 Å². The molecule has 0 aliphatic heterocycles. The van der Waals surface area contributed by atoms with Gasteiger partial charge in [-0.15, -0.1) is 0 Å². The smallest absolute Gasteiger partial charge is 0.145 e. The highest BCUT2D eigenvalue weighted by Gasteiger charge is 2.00. The SMILES string of the molecule is CC.CSCc1cc(C)ncc1F. The molecule has 0 saturated carbocycles. The Labute approximate surface area is 83.8 Å². The van der Waals surface area contributed by atoms with Gasteiger partial charge in [0.2, 0.25) is 0 Å². The highest BCUT2D eigenvalue weighted by molar-refractivity contribution is 7.97. The van der Waals surface area contributed by atoms with Crippen LogP contribution in [0.15, 0.2) is 12.3 Å². The number of aryl methyl sites for hydroxylation is 1. The molecule has 0 aliphatic carbocycles. The molecule has 1 rings (SSSR count). The molecule has 1 nitrogen and oxygen atoms in total. The fourth-order valence-electron chi connectivity index (χ4n) is 0.866. The average Bonchev–Trinajstić information content (AvgIpc) is 2.15. The van der Waals surface area contributed by atoms with Crippen LogP contribution in [0.4, 0.5) is 4.39 Å². The number of nitrogens with zero attached hydrogens (tertiary/aromatic N) is 1. The standard InChI is InChI=1S/C8H10FNS.C2H6/c1-6-3-7(5-11-2)8(9)4-10-6;1-2/h3-4H,5H2,1-2H3;1-2H3. The van der Waals surface area contributed by atoms with Crippen LogP contribution in [0.5, 0.6) is 0 Å². The number of pyridine rings is 1. The van der Waals surface area contributed by atoms with Crippen LogP contribution in [-0.2, 0) is 5.75 Å². The monoisotopic (exact) mass is 201 g/mol. The highest BCUT2D eigenvalue weighted by atomic mass is 32.2. The van der Waals surface area contributed by atoms with Gasteiger partial charge in [-0.1, -0.05) is 13.8 Å². The molecule has 0 aromatic carbocycles. The zero-order valence-electron chi connectivity index (χ0n) is 8.60. The van der Waals surface area contributed by atoms with Crippen LogP contribution >= 0.6 is 11.8 Å². The van der Waals surface area contributed by atoms with Gasteiger partial charge in [0.1, 0.15) is 5.82 Å². The van der Waals surface area contributed by atoms with Crippen LogP contribution in [0.3, 0.4) is 0 Å². The number of halogens is 1. The van der Waals surface area contributed by atoms with Gasteiger partial charge < -0.3 is 0 Å². The summed E-state index contributed by atoms with van der Waals surface area (Å²) in [5.41, 5.74) is 1.61. The Bertz CT molecular complexity index is 251. The first-order valence-corrected chi connectivity index (χ1v) is 5.73. The highest BCUT2D eigenvalue weighted by Crippen LogP contribution is 2.13. The Kier molecular flexibility index (Phi) is 6.59. The van der Waals surface area contributed by atoms with E-state index in [4.69, 9.17) is 0 Å². The number of aromatic nitrogens is 1. The lowest BCUT2D eigenvalue weighted by atomic mass is 10.2. The van der Waals surface area contributed by atoms with E-state index in [9.17, 15) is 4.39 Å². The van der Waals surface area contributed by atoms with Gasteiger partial charge in [0, 0.05) is 17.0 Å². The van der Waals surface area contributed by atoms with Crippen molar-refractivity contribution in [1.82, 2.24) is 4.98 Å². The van der Waals surface area contributed by atoms with Gasteiger partial charge >= 0.3 is 0 Å². The first-order chi connectivity index (χ1) is 6.24. The van der Waals surface area contributed by atoms with Crippen LogP contribution in [0, 0.1) is 12.7 Å². The second-order valence-corrected chi connectivity index (χ2v) is 3.22. The van der Waals surface area contributed by atoms with Gasteiger partial charge in [0.25, 0.3) is 0 Å². The molecule has 0 spiro atoms. The molecule has 0 N–H and O–H groups in total. The summed E-state index contributed by atoms with van der Waals surface area (Å²) < 4.78 is 12.9. The van der Waals surface area contributed by atoms with E-state index in [0.29, 0.717) is 0 Å². The second-order valence-electron chi connectivity index (χ2n) is 2.35. The molecule has 74 valence electrons. The van der Waals surface area contributed by atoms with Crippen molar-refractivity contribution in [3.8, 4) is 0 Å². The van der Waals surface area contributed by atoms with E-state index in [1.54, 1.807) is 17.8 Å². The summed E-state index contributed by atoms with van der Waals surface area (Å²) in [6, 6.07) is 1.78. The summed E-state index contributed by atoms with van der Waals surface area (Å²) in [6.07, 6.45) is 3.23. The molecule has 0 atom stereocenters. The van der Waals surface area contributed by atoms with Crippen molar-refractivity contribution in [3.63, 3.8) is 0 Å². The zero-order chi connectivity index (χ0) is 10.3. The molecular weight excluding hydrogens is 185 g/mol. The molecule has 13 heavy (non-hydrogen) atoms. The molecule has 1 aromatic rings. The van der Waals surface area contributed by atoms with Crippen LogP contribution in [0.25, 0.3) is 0 Å². The number of hydrogen-bond acceptors (Lipinski definition) is 2. The summed E-state index contributed by atoms with van der Waals surface area (Å²) in [6.45, 7) is 5.86. The Morgan fingerprint density at radius 2 is 2.08 bits per heavy atom. The molecule has 0 fully saturated rings. The summed E-state index contributed by atoms with van der Waals surface area (Å²) in [7, 11) is 0. The largest absolute Gasteiger partial charge is 0.259 e. The Hall–Kier alpha value is -0.570. The molecule has 1 aromatic heterocycles. The van der Waals surface area contributed by atoms with E-state index in [1.807, 2.05) is 27.0 Å². The number of hydrogen-bond donors (Lipinski definition) is 0. The fourth-order valence-corrected chi connectivity index (χ4v) is 1.40. The van der Waals surface area contributed by atoms with Gasteiger partial charge in [-0.05, 0) is 19.2 Å². The summed E-state index contributed by atoms with van der Waals surface area (Å²) >= 11 is 1.61. The van der Waals surface area contributed by atoms with E-state index in [2.05, 4.69) is 4.98 Å². The van der Waals surface area contributed by atoms with Gasteiger partial charge in [0.05, 0.1) is 6.20 Å². The van der Waals surface area contributed by atoms with E-state index in [0.717, 1.165) is 17.0 Å². The predicted molar refractivity (Wildman–Crippen MR) is 57.5 cm³/mol. The minimum Gasteiger partial charge on any atom is -0.259 e. The summed E-state index contributed by atoms with van der Waals surface area (Å²) in [4.78, 5) is 3.84. The third kappa shape index (κ3) is 4.27. The zero-order valence-corrected chi connectivity index (χ0v) is 9.41.